The predicted octanol–water partition coefficient (Wildman–Crippen LogP) is 16.7. The summed E-state index contributed by atoms with van der Waals surface area (Å²) in [6, 6.07) is 0. The standard InChI is InChI=1S/C60H103O11P/c1-4-7-10-13-16-19-22-25-27-28-30-33-36-39-42-45-48-51-60(64)71-57(53-67-58(62)49-46-43-40-37-34-31-24-21-18-15-12-9-6-3)55-69-72(65,66)68-54-56(52-61)70-59(63)50-47-44-41-38-35-32-29-26-23-20-17-14-11-8-5-2/h9,12,16-21,25-27,29,31,34,56-57,61H,4-8,10-11,13-15,22-24,28,30,32-33,35-55H2,1-3H3,(H,65,66)/b12-9-,19-16-,20-17-,21-18-,27-25-,29-26-,34-31-. The lowest BCUT2D eigenvalue weighted by Gasteiger charge is -2.21. The van der Waals surface area contributed by atoms with Crippen LogP contribution in [0, 0.1) is 0 Å². The Hall–Kier alpha value is -3.34. The van der Waals surface area contributed by atoms with Crippen LogP contribution < -0.4 is 0 Å². The van der Waals surface area contributed by atoms with Crippen molar-refractivity contribution in [1.29, 1.82) is 0 Å². The number of hydrogen-bond acceptors (Lipinski definition) is 10. The molecule has 0 amide bonds. The fraction of sp³-hybridized carbons (Fsp3) is 0.717. The number of phosphoric acid groups is 1. The van der Waals surface area contributed by atoms with Crippen molar-refractivity contribution in [1.82, 2.24) is 0 Å². The van der Waals surface area contributed by atoms with Crippen LogP contribution in [-0.4, -0.2) is 66.5 Å². The third kappa shape index (κ3) is 51.6. The van der Waals surface area contributed by atoms with E-state index in [4.69, 9.17) is 23.3 Å². The largest absolute Gasteiger partial charge is 0.472 e. The summed E-state index contributed by atoms with van der Waals surface area (Å²) >= 11 is 0. The summed E-state index contributed by atoms with van der Waals surface area (Å²) in [5, 5.41) is 9.81. The van der Waals surface area contributed by atoms with E-state index >= 15 is 0 Å². The Kier molecular flexibility index (Phi) is 51.4. The van der Waals surface area contributed by atoms with Crippen molar-refractivity contribution in [3.63, 3.8) is 0 Å². The molecule has 0 aliphatic heterocycles. The molecule has 0 aromatic carbocycles. The fourth-order valence-corrected chi connectivity index (χ4v) is 8.21. The molecule has 2 N–H and O–H groups in total. The molecule has 0 spiro atoms. The first-order valence-electron chi connectivity index (χ1n) is 28.5. The van der Waals surface area contributed by atoms with E-state index in [1.54, 1.807) is 0 Å². The van der Waals surface area contributed by atoms with Crippen LogP contribution in [-0.2, 0) is 42.2 Å². The average molecular weight is 1030 g/mol. The van der Waals surface area contributed by atoms with Gasteiger partial charge in [0.15, 0.2) is 6.10 Å². The highest BCUT2D eigenvalue weighted by molar-refractivity contribution is 7.47. The van der Waals surface area contributed by atoms with Gasteiger partial charge in [0.1, 0.15) is 12.7 Å². The lowest BCUT2D eigenvalue weighted by molar-refractivity contribution is -0.161. The topological polar surface area (TPSA) is 155 Å². The normalized spacial score (nSPS) is 14.0. The number of carbonyl (C=O) groups excluding carboxylic acids is 3. The summed E-state index contributed by atoms with van der Waals surface area (Å²) in [5.74, 6) is -1.53. The van der Waals surface area contributed by atoms with Gasteiger partial charge in [0.05, 0.1) is 19.8 Å². The molecule has 72 heavy (non-hydrogen) atoms. The lowest BCUT2D eigenvalue weighted by atomic mass is 10.1. The molecule has 0 aromatic rings. The van der Waals surface area contributed by atoms with Crippen LogP contribution in [0.25, 0.3) is 0 Å². The molecule has 0 fully saturated rings. The number of ether oxygens (including phenoxy) is 3. The molecule has 3 atom stereocenters. The number of allylic oxidation sites excluding steroid dienone is 14. The number of phosphoric ester groups is 1. The van der Waals surface area contributed by atoms with Crippen molar-refractivity contribution in [2.75, 3.05) is 26.4 Å². The van der Waals surface area contributed by atoms with Gasteiger partial charge in [-0.3, -0.25) is 23.4 Å². The molecular formula is C60H103O11P. The Bertz CT molecular complexity index is 1530. The summed E-state index contributed by atoms with van der Waals surface area (Å²) in [6.07, 6.45) is 61.1. The molecule has 12 heteroatoms. The van der Waals surface area contributed by atoms with E-state index in [1.807, 2.05) is 0 Å². The van der Waals surface area contributed by atoms with Gasteiger partial charge in [-0.15, -0.1) is 0 Å². The second-order valence-electron chi connectivity index (χ2n) is 18.7. The van der Waals surface area contributed by atoms with Crippen molar-refractivity contribution in [3.8, 4) is 0 Å². The number of carbonyl (C=O) groups is 3. The van der Waals surface area contributed by atoms with Gasteiger partial charge in [-0.05, 0) is 116 Å². The van der Waals surface area contributed by atoms with Gasteiger partial charge in [0.2, 0.25) is 0 Å². The molecular weight excluding hydrogens is 928 g/mol. The number of esters is 3. The van der Waals surface area contributed by atoms with Crippen molar-refractivity contribution < 1.29 is 52.2 Å². The number of aliphatic hydroxyl groups excluding tert-OH is 1. The molecule has 11 nitrogen and oxygen atoms in total. The van der Waals surface area contributed by atoms with Gasteiger partial charge in [-0.1, -0.05) is 189 Å². The van der Waals surface area contributed by atoms with E-state index < -0.39 is 57.8 Å². The molecule has 0 rings (SSSR count). The highest BCUT2D eigenvalue weighted by atomic mass is 31.2. The molecule has 0 aliphatic rings. The van der Waals surface area contributed by atoms with E-state index in [2.05, 4.69) is 106 Å². The summed E-state index contributed by atoms with van der Waals surface area (Å²) < 4.78 is 39.4. The summed E-state index contributed by atoms with van der Waals surface area (Å²) in [4.78, 5) is 48.5. The maximum Gasteiger partial charge on any atom is 0.472 e. The fourth-order valence-electron chi connectivity index (χ4n) is 7.43. The second-order valence-corrected chi connectivity index (χ2v) is 20.2. The van der Waals surface area contributed by atoms with Crippen molar-refractivity contribution >= 4 is 25.7 Å². The van der Waals surface area contributed by atoms with Crippen LogP contribution in [0.1, 0.15) is 239 Å². The molecule has 0 aliphatic carbocycles. The summed E-state index contributed by atoms with van der Waals surface area (Å²) in [7, 11) is -4.76. The Morgan fingerprint density at radius 1 is 0.403 bits per heavy atom. The first kappa shape index (κ1) is 68.7. The first-order valence-corrected chi connectivity index (χ1v) is 30.0. The number of rotatable bonds is 52. The lowest BCUT2D eigenvalue weighted by Crippen LogP contribution is -2.30. The Labute approximate surface area is 439 Å². The van der Waals surface area contributed by atoms with Crippen molar-refractivity contribution in [3.05, 3.63) is 85.1 Å². The van der Waals surface area contributed by atoms with E-state index in [9.17, 15) is 28.9 Å². The van der Waals surface area contributed by atoms with Crippen LogP contribution >= 0.6 is 7.82 Å². The molecule has 3 unspecified atom stereocenters. The van der Waals surface area contributed by atoms with Crippen LogP contribution in [0.5, 0.6) is 0 Å². The van der Waals surface area contributed by atoms with Crippen LogP contribution in [0.3, 0.4) is 0 Å². The van der Waals surface area contributed by atoms with Crippen molar-refractivity contribution in [2.45, 2.75) is 251 Å². The summed E-state index contributed by atoms with van der Waals surface area (Å²) in [6.45, 7) is 4.42. The second kappa shape index (κ2) is 53.9. The monoisotopic (exact) mass is 1030 g/mol. The van der Waals surface area contributed by atoms with E-state index in [0.29, 0.717) is 19.3 Å². The van der Waals surface area contributed by atoms with Crippen LogP contribution in [0.2, 0.25) is 0 Å². The number of hydrogen-bond donors (Lipinski definition) is 2. The van der Waals surface area contributed by atoms with Gasteiger partial charge in [0.25, 0.3) is 0 Å². The Morgan fingerprint density at radius 3 is 1.12 bits per heavy atom. The van der Waals surface area contributed by atoms with Crippen LogP contribution in [0.15, 0.2) is 85.1 Å². The third-order valence-electron chi connectivity index (χ3n) is 11.8. The minimum Gasteiger partial charge on any atom is -0.462 e. The predicted molar refractivity (Wildman–Crippen MR) is 298 cm³/mol. The van der Waals surface area contributed by atoms with Gasteiger partial charge in [0, 0.05) is 19.3 Å². The molecule has 0 saturated carbocycles. The Balaban J connectivity index is 4.77. The SMILES string of the molecule is CC/C=C\C/C=C\C/C=C\CCCCCC(=O)OCC(COP(=O)(O)OCC(CO)OC(=O)CCCCCCC/C=C\C/C=C\CCCCC)OC(=O)CCCCCCCCC/C=C\C/C=C\CCCCC. The zero-order valence-corrected chi connectivity index (χ0v) is 46.5. The third-order valence-corrected chi connectivity index (χ3v) is 12.7. The molecule has 0 bridgehead atoms. The van der Waals surface area contributed by atoms with Gasteiger partial charge in [-0.25, -0.2) is 4.57 Å². The highest BCUT2D eigenvalue weighted by Crippen LogP contribution is 2.43. The van der Waals surface area contributed by atoms with Gasteiger partial charge in [-0.2, -0.15) is 0 Å². The zero-order chi connectivity index (χ0) is 52.7. The maximum atomic E-state index is 12.9. The van der Waals surface area contributed by atoms with E-state index in [1.165, 1.54) is 57.8 Å². The quantitative estimate of drug-likeness (QED) is 0.0197. The molecule has 0 heterocycles. The maximum absolute atomic E-state index is 12.9. The minimum absolute atomic E-state index is 0.148. The van der Waals surface area contributed by atoms with Crippen molar-refractivity contribution in [2.24, 2.45) is 0 Å². The molecule has 414 valence electrons. The smallest absolute Gasteiger partial charge is 0.462 e. The highest BCUT2D eigenvalue weighted by Gasteiger charge is 2.28. The number of aliphatic hydroxyl groups is 1. The molecule has 0 radical (unpaired) electrons. The Morgan fingerprint density at radius 2 is 0.722 bits per heavy atom. The number of unbranched alkanes of at least 4 members (excludes halogenated alkanes) is 21. The average Bonchev–Trinajstić information content (AvgIpc) is 3.37. The van der Waals surface area contributed by atoms with E-state index in [-0.39, 0.29) is 25.9 Å². The van der Waals surface area contributed by atoms with Gasteiger partial charge >= 0.3 is 25.7 Å². The van der Waals surface area contributed by atoms with Gasteiger partial charge < -0.3 is 24.2 Å². The zero-order valence-electron chi connectivity index (χ0n) is 45.6. The summed E-state index contributed by atoms with van der Waals surface area (Å²) in [5.41, 5.74) is 0. The molecule has 0 saturated heterocycles. The molecule has 0 aromatic heterocycles. The first-order chi connectivity index (χ1) is 35.2. The minimum atomic E-state index is -4.76. The van der Waals surface area contributed by atoms with Crippen LogP contribution in [0.4, 0.5) is 0 Å². The van der Waals surface area contributed by atoms with E-state index in [0.717, 1.165) is 122 Å².